The van der Waals surface area contributed by atoms with E-state index in [0.717, 1.165) is 15.4 Å². The quantitative estimate of drug-likeness (QED) is 0.790. The Morgan fingerprint density at radius 2 is 2.00 bits per heavy atom. The van der Waals surface area contributed by atoms with E-state index in [2.05, 4.69) is 26.0 Å². The van der Waals surface area contributed by atoms with Crippen LogP contribution < -0.4 is 0 Å². The van der Waals surface area contributed by atoms with Crippen molar-refractivity contribution in [3.05, 3.63) is 58.5 Å². The number of aliphatic hydroxyl groups is 1. The van der Waals surface area contributed by atoms with Gasteiger partial charge in [-0.2, -0.15) is 5.10 Å². The third-order valence-corrected chi connectivity index (χ3v) is 3.71. The molecule has 0 spiro atoms. The van der Waals surface area contributed by atoms with Gasteiger partial charge in [0.15, 0.2) is 0 Å². The molecule has 0 fully saturated rings. The van der Waals surface area contributed by atoms with Crippen molar-refractivity contribution in [1.29, 1.82) is 0 Å². The molecule has 0 saturated heterocycles. The second-order valence-electron chi connectivity index (χ2n) is 4.33. The molecule has 0 amide bonds. The maximum atomic E-state index is 10.4. The summed E-state index contributed by atoms with van der Waals surface area (Å²) >= 11 is 3.39. The third-order valence-electron chi connectivity index (χ3n) is 3.10. The summed E-state index contributed by atoms with van der Waals surface area (Å²) in [7, 11) is 1.80. The lowest BCUT2D eigenvalue weighted by Crippen LogP contribution is -2.08. The first-order valence-electron chi connectivity index (χ1n) is 5.88. The lowest BCUT2D eigenvalue weighted by atomic mass is 10.1. The average Bonchev–Trinajstić information content (AvgIpc) is 2.77. The number of halogens is 1. The van der Waals surface area contributed by atoms with Crippen molar-refractivity contribution in [2.24, 2.45) is 7.05 Å². The first-order chi connectivity index (χ1) is 9.16. The van der Waals surface area contributed by atoms with E-state index in [1.165, 1.54) is 0 Å². The smallest absolute Gasteiger partial charge is 0.139 e. The van der Waals surface area contributed by atoms with Gasteiger partial charge in [-0.1, -0.05) is 24.3 Å². The summed E-state index contributed by atoms with van der Waals surface area (Å²) in [4.78, 5) is 4.50. The highest BCUT2D eigenvalue weighted by molar-refractivity contribution is 9.10. The molecule has 0 radical (unpaired) electrons. The highest BCUT2D eigenvalue weighted by Crippen LogP contribution is 2.27. The molecule has 0 aliphatic rings. The van der Waals surface area contributed by atoms with Gasteiger partial charge in [0.2, 0.25) is 0 Å². The molecule has 0 aliphatic heterocycles. The Kier molecular flexibility index (Phi) is 3.08. The molecule has 1 aromatic carbocycles. The van der Waals surface area contributed by atoms with Crippen LogP contribution in [0.25, 0.3) is 10.9 Å². The molecule has 96 valence electrons. The second-order valence-corrected chi connectivity index (χ2v) is 5.19. The van der Waals surface area contributed by atoms with Crippen molar-refractivity contribution >= 4 is 26.8 Å². The molecule has 3 aromatic rings. The zero-order chi connectivity index (χ0) is 13.4. The number of aliphatic hydroxyl groups excluding tert-OH is 1. The highest BCUT2D eigenvalue weighted by Gasteiger charge is 2.19. The molecule has 2 aromatic heterocycles. The molecule has 0 saturated carbocycles. The van der Waals surface area contributed by atoms with Crippen LogP contribution in [0.5, 0.6) is 0 Å². The van der Waals surface area contributed by atoms with Gasteiger partial charge in [-0.05, 0) is 28.1 Å². The maximum Gasteiger partial charge on any atom is 0.139 e. The standard InChI is InChI=1S/C14H12BrN3O/c1-18-13(10(15)8-16-18)14(19)12-7-6-9-4-2-3-5-11(9)17-12/h2-8,14,19H,1H3. The fourth-order valence-corrected chi connectivity index (χ4v) is 2.67. The molecule has 0 aliphatic carbocycles. The minimum Gasteiger partial charge on any atom is -0.380 e. The number of aryl methyl sites for hydroxylation is 1. The molecule has 4 nitrogen and oxygen atoms in total. The number of nitrogens with zero attached hydrogens (tertiary/aromatic N) is 3. The second kappa shape index (κ2) is 4.75. The summed E-state index contributed by atoms with van der Waals surface area (Å²) in [6, 6.07) is 11.6. The number of aromatic nitrogens is 3. The molecule has 5 heteroatoms. The zero-order valence-corrected chi connectivity index (χ0v) is 11.9. The Balaban J connectivity index is 2.09. The number of hydrogen-bond donors (Lipinski definition) is 1. The van der Waals surface area contributed by atoms with Gasteiger partial charge in [0, 0.05) is 12.4 Å². The summed E-state index contributed by atoms with van der Waals surface area (Å²) < 4.78 is 2.42. The van der Waals surface area contributed by atoms with Crippen molar-refractivity contribution in [2.45, 2.75) is 6.10 Å². The van der Waals surface area contributed by atoms with Gasteiger partial charge in [0.05, 0.1) is 27.6 Å². The van der Waals surface area contributed by atoms with Crippen molar-refractivity contribution in [2.75, 3.05) is 0 Å². The summed E-state index contributed by atoms with van der Waals surface area (Å²) in [5, 5.41) is 15.6. The Hall–Kier alpha value is -1.72. The molecule has 1 atom stereocenters. The van der Waals surface area contributed by atoms with Crippen LogP contribution in [-0.2, 0) is 7.05 Å². The molecule has 19 heavy (non-hydrogen) atoms. The lowest BCUT2D eigenvalue weighted by Gasteiger charge is -2.12. The van der Waals surface area contributed by atoms with Crippen LogP contribution in [0.3, 0.4) is 0 Å². The van der Waals surface area contributed by atoms with E-state index in [0.29, 0.717) is 11.4 Å². The number of para-hydroxylation sites is 1. The predicted molar refractivity (Wildman–Crippen MR) is 76.7 cm³/mol. The number of rotatable bonds is 2. The van der Waals surface area contributed by atoms with Crippen LogP contribution in [0.2, 0.25) is 0 Å². The van der Waals surface area contributed by atoms with Crippen molar-refractivity contribution in [3.8, 4) is 0 Å². The van der Waals surface area contributed by atoms with E-state index in [4.69, 9.17) is 0 Å². The normalized spacial score (nSPS) is 12.8. The zero-order valence-electron chi connectivity index (χ0n) is 10.3. The van der Waals surface area contributed by atoms with Gasteiger partial charge < -0.3 is 5.11 Å². The van der Waals surface area contributed by atoms with Gasteiger partial charge in [0.1, 0.15) is 6.10 Å². The van der Waals surface area contributed by atoms with E-state index >= 15 is 0 Å². The van der Waals surface area contributed by atoms with E-state index in [1.54, 1.807) is 17.9 Å². The van der Waals surface area contributed by atoms with Gasteiger partial charge in [-0.25, -0.2) is 4.98 Å². The summed E-state index contributed by atoms with van der Waals surface area (Å²) in [5.41, 5.74) is 2.18. The molecular weight excluding hydrogens is 306 g/mol. The van der Waals surface area contributed by atoms with Crippen LogP contribution in [-0.4, -0.2) is 19.9 Å². The van der Waals surface area contributed by atoms with Gasteiger partial charge in [-0.3, -0.25) is 4.68 Å². The average molecular weight is 318 g/mol. The van der Waals surface area contributed by atoms with Crippen LogP contribution >= 0.6 is 15.9 Å². The van der Waals surface area contributed by atoms with Gasteiger partial charge in [0.25, 0.3) is 0 Å². The number of pyridine rings is 1. The molecule has 1 unspecified atom stereocenters. The Bertz CT molecular complexity index is 719. The van der Waals surface area contributed by atoms with Crippen molar-refractivity contribution < 1.29 is 5.11 Å². The van der Waals surface area contributed by atoms with Crippen LogP contribution in [0.15, 0.2) is 47.1 Å². The van der Waals surface area contributed by atoms with Crippen molar-refractivity contribution in [1.82, 2.24) is 14.8 Å². The van der Waals surface area contributed by atoms with Crippen LogP contribution in [0, 0.1) is 0 Å². The van der Waals surface area contributed by atoms with E-state index in [-0.39, 0.29) is 0 Å². The van der Waals surface area contributed by atoms with Crippen LogP contribution in [0.4, 0.5) is 0 Å². The first kappa shape index (κ1) is 12.3. The largest absolute Gasteiger partial charge is 0.380 e. The predicted octanol–water partition coefficient (Wildman–Crippen LogP) is 2.81. The molecule has 2 heterocycles. The summed E-state index contributed by atoms with van der Waals surface area (Å²) in [6.45, 7) is 0. The Morgan fingerprint density at radius 3 is 2.74 bits per heavy atom. The molecule has 3 rings (SSSR count). The topological polar surface area (TPSA) is 50.9 Å². The minimum atomic E-state index is -0.800. The van der Waals surface area contributed by atoms with E-state index in [1.807, 2.05) is 36.4 Å². The molecule has 1 N–H and O–H groups in total. The van der Waals surface area contributed by atoms with E-state index in [9.17, 15) is 5.11 Å². The fraction of sp³-hybridized carbons (Fsp3) is 0.143. The van der Waals surface area contributed by atoms with Crippen molar-refractivity contribution in [3.63, 3.8) is 0 Å². The summed E-state index contributed by atoms with van der Waals surface area (Å²) in [5.74, 6) is 0. The summed E-state index contributed by atoms with van der Waals surface area (Å²) in [6.07, 6.45) is 0.867. The lowest BCUT2D eigenvalue weighted by molar-refractivity contribution is 0.204. The van der Waals surface area contributed by atoms with Gasteiger partial charge >= 0.3 is 0 Å². The Morgan fingerprint density at radius 1 is 1.21 bits per heavy atom. The first-order valence-corrected chi connectivity index (χ1v) is 6.67. The fourth-order valence-electron chi connectivity index (χ4n) is 2.10. The van der Waals surface area contributed by atoms with E-state index < -0.39 is 6.10 Å². The van der Waals surface area contributed by atoms with Gasteiger partial charge in [-0.15, -0.1) is 0 Å². The van der Waals surface area contributed by atoms with Crippen LogP contribution in [0.1, 0.15) is 17.5 Å². The number of benzene rings is 1. The third kappa shape index (κ3) is 2.15. The molecule has 0 bridgehead atoms. The Labute approximate surface area is 118 Å². The minimum absolute atomic E-state index is 0.614. The molecular formula is C14H12BrN3O. The number of fused-ring (bicyclic) bond motifs is 1. The number of hydrogen-bond acceptors (Lipinski definition) is 3. The maximum absolute atomic E-state index is 10.4. The highest BCUT2D eigenvalue weighted by atomic mass is 79.9. The SMILES string of the molecule is Cn1ncc(Br)c1C(O)c1ccc2ccccc2n1. The monoisotopic (exact) mass is 317 g/mol.